The summed E-state index contributed by atoms with van der Waals surface area (Å²) in [4.78, 5) is 14.3. The van der Waals surface area contributed by atoms with Gasteiger partial charge in [0.15, 0.2) is 0 Å². The number of nitriles is 1. The third kappa shape index (κ3) is 4.48. The summed E-state index contributed by atoms with van der Waals surface area (Å²) >= 11 is 0. The van der Waals surface area contributed by atoms with Gasteiger partial charge in [-0.05, 0) is 18.3 Å². The summed E-state index contributed by atoms with van der Waals surface area (Å²) in [7, 11) is 0. The van der Waals surface area contributed by atoms with E-state index in [-0.39, 0.29) is 29.1 Å². The van der Waals surface area contributed by atoms with Crippen molar-refractivity contribution in [2.75, 3.05) is 18.5 Å². The molecule has 7 nitrogen and oxygen atoms in total. The molecule has 1 aromatic rings. The lowest BCUT2D eigenvalue weighted by Crippen LogP contribution is -2.24. The number of rotatable bonds is 7. The van der Waals surface area contributed by atoms with Gasteiger partial charge in [-0.3, -0.25) is 10.1 Å². The molecule has 1 rings (SSSR count). The summed E-state index contributed by atoms with van der Waals surface area (Å²) in [6, 6.07) is 3.03. The molecule has 0 radical (unpaired) electrons. The second kappa shape index (κ2) is 6.82. The maximum Gasteiger partial charge on any atom is 0.312 e. The van der Waals surface area contributed by atoms with Crippen molar-refractivity contribution < 1.29 is 10.0 Å². The molecule has 108 valence electrons. The topological polar surface area (TPSA) is 112 Å². The summed E-state index contributed by atoms with van der Waals surface area (Å²) in [5.74, 6) is 0.158. The number of aliphatic hydroxyl groups excluding tert-OH is 1. The van der Waals surface area contributed by atoms with Gasteiger partial charge in [0.1, 0.15) is 6.07 Å². The Balaban J connectivity index is 2.82. The second-order valence-corrected chi connectivity index (χ2v) is 5.31. The number of nitrogens with zero attached hydrogens (tertiary/aromatic N) is 3. The number of nitrogens with one attached hydrogen (secondary N) is 1. The first-order chi connectivity index (χ1) is 9.39. The van der Waals surface area contributed by atoms with Gasteiger partial charge in [0.05, 0.1) is 10.5 Å². The quantitative estimate of drug-likeness (QED) is 0.583. The summed E-state index contributed by atoms with van der Waals surface area (Å²) in [5, 5.41) is 31.5. The van der Waals surface area contributed by atoms with Crippen LogP contribution in [0.1, 0.15) is 32.3 Å². The standard InChI is InChI=1S/C13H18N4O3/c1-13(2,4-3-5-18)9-16-12-11(17(19)20)6-10(7-14)8-15-12/h6,8,18H,3-5,9H2,1-2H3,(H,15,16). The van der Waals surface area contributed by atoms with Gasteiger partial charge in [-0.2, -0.15) is 5.26 Å². The number of hydrogen-bond acceptors (Lipinski definition) is 6. The first-order valence-corrected chi connectivity index (χ1v) is 6.29. The highest BCUT2D eigenvalue weighted by atomic mass is 16.6. The molecule has 0 spiro atoms. The lowest BCUT2D eigenvalue weighted by molar-refractivity contribution is -0.384. The van der Waals surface area contributed by atoms with E-state index in [0.29, 0.717) is 13.0 Å². The maximum atomic E-state index is 11.0. The lowest BCUT2D eigenvalue weighted by atomic mass is 9.88. The molecule has 0 unspecified atom stereocenters. The first kappa shape index (κ1) is 15.9. The monoisotopic (exact) mass is 278 g/mol. The van der Waals surface area contributed by atoms with Crippen molar-refractivity contribution in [2.24, 2.45) is 5.41 Å². The fourth-order valence-corrected chi connectivity index (χ4v) is 1.76. The van der Waals surface area contributed by atoms with E-state index in [4.69, 9.17) is 10.4 Å². The van der Waals surface area contributed by atoms with Crippen LogP contribution in [0.25, 0.3) is 0 Å². The number of nitro groups is 1. The highest BCUT2D eigenvalue weighted by Gasteiger charge is 2.21. The number of anilines is 1. The number of pyridine rings is 1. The van der Waals surface area contributed by atoms with Crippen molar-refractivity contribution in [3.8, 4) is 6.07 Å². The van der Waals surface area contributed by atoms with Crippen LogP contribution < -0.4 is 5.32 Å². The smallest absolute Gasteiger partial charge is 0.312 e. The summed E-state index contributed by atoms with van der Waals surface area (Å²) in [6.07, 6.45) is 2.77. The predicted octanol–water partition coefficient (Wildman–Crippen LogP) is 2.07. The molecule has 0 saturated carbocycles. The van der Waals surface area contributed by atoms with Gasteiger partial charge >= 0.3 is 5.69 Å². The van der Waals surface area contributed by atoms with Crippen molar-refractivity contribution in [3.05, 3.63) is 27.9 Å². The molecule has 0 saturated heterocycles. The molecule has 0 aromatic carbocycles. The van der Waals surface area contributed by atoms with Gasteiger partial charge in [0.2, 0.25) is 5.82 Å². The zero-order chi connectivity index (χ0) is 15.2. The zero-order valence-electron chi connectivity index (χ0n) is 11.6. The average Bonchev–Trinajstić information content (AvgIpc) is 2.42. The third-order valence-electron chi connectivity index (χ3n) is 2.94. The molecule has 2 N–H and O–H groups in total. The van der Waals surface area contributed by atoms with E-state index < -0.39 is 4.92 Å². The molecule has 0 fully saturated rings. The van der Waals surface area contributed by atoms with Gasteiger partial charge < -0.3 is 10.4 Å². The Bertz CT molecular complexity index is 523. The molecular weight excluding hydrogens is 260 g/mol. The highest BCUT2D eigenvalue weighted by molar-refractivity contribution is 5.58. The van der Waals surface area contributed by atoms with Crippen molar-refractivity contribution in [1.29, 1.82) is 5.26 Å². The summed E-state index contributed by atoms with van der Waals surface area (Å²) in [5.41, 5.74) is -0.171. The Morgan fingerprint density at radius 1 is 1.60 bits per heavy atom. The minimum absolute atomic E-state index is 0.119. The summed E-state index contributed by atoms with van der Waals surface area (Å²) < 4.78 is 0. The molecule has 0 atom stereocenters. The number of aliphatic hydroxyl groups is 1. The minimum atomic E-state index is -0.559. The van der Waals surface area contributed by atoms with Crippen LogP contribution in [0, 0.1) is 26.9 Å². The van der Waals surface area contributed by atoms with E-state index in [9.17, 15) is 10.1 Å². The van der Waals surface area contributed by atoms with Crippen LogP contribution in [0.2, 0.25) is 0 Å². The maximum absolute atomic E-state index is 11.0. The van der Waals surface area contributed by atoms with E-state index in [1.807, 2.05) is 19.9 Å². The van der Waals surface area contributed by atoms with Gasteiger partial charge in [0.25, 0.3) is 0 Å². The summed E-state index contributed by atoms with van der Waals surface area (Å²) in [6.45, 7) is 4.63. The molecule has 1 heterocycles. The first-order valence-electron chi connectivity index (χ1n) is 6.29. The largest absolute Gasteiger partial charge is 0.396 e. The molecule has 0 bridgehead atoms. The highest BCUT2D eigenvalue weighted by Crippen LogP contribution is 2.26. The van der Waals surface area contributed by atoms with Gasteiger partial charge in [-0.25, -0.2) is 4.98 Å². The average molecular weight is 278 g/mol. The fraction of sp³-hybridized carbons (Fsp3) is 0.538. The Morgan fingerprint density at radius 2 is 2.30 bits per heavy atom. The Kier molecular flexibility index (Phi) is 5.41. The molecular formula is C13H18N4O3. The fourth-order valence-electron chi connectivity index (χ4n) is 1.76. The van der Waals surface area contributed by atoms with Crippen LogP contribution >= 0.6 is 0 Å². The van der Waals surface area contributed by atoms with Crippen molar-refractivity contribution in [3.63, 3.8) is 0 Å². The minimum Gasteiger partial charge on any atom is -0.396 e. The Morgan fingerprint density at radius 3 is 2.85 bits per heavy atom. The van der Waals surface area contributed by atoms with Gasteiger partial charge in [0, 0.05) is 25.4 Å². The van der Waals surface area contributed by atoms with Crippen molar-refractivity contribution >= 4 is 11.5 Å². The molecule has 1 aromatic heterocycles. The van der Waals surface area contributed by atoms with Gasteiger partial charge in [-0.15, -0.1) is 0 Å². The molecule has 0 aliphatic rings. The van der Waals surface area contributed by atoms with E-state index in [0.717, 1.165) is 6.42 Å². The van der Waals surface area contributed by atoms with E-state index in [1.54, 1.807) is 0 Å². The predicted molar refractivity (Wildman–Crippen MR) is 74.2 cm³/mol. The van der Waals surface area contributed by atoms with Crippen LogP contribution in [0.3, 0.4) is 0 Å². The van der Waals surface area contributed by atoms with Crippen LogP contribution in [-0.4, -0.2) is 28.2 Å². The number of aromatic nitrogens is 1. The lowest BCUT2D eigenvalue weighted by Gasteiger charge is -2.24. The van der Waals surface area contributed by atoms with E-state index in [1.165, 1.54) is 12.3 Å². The molecule has 0 aliphatic carbocycles. The molecule has 20 heavy (non-hydrogen) atoms. The van der Waals surface area contributed by atoms with Gasteiger partial charge in [-0.1, -0.05) is 13.8 Å². The van der Waals surface area contributed by atoms with Crippen molar-refractivity contribution in [2.45, 2.75) is 26.7 Å². The second-order valence-electron chi connectivity index (χ2n) is 5.31. The third-order valence-corrected chi connectivity index (χ3v) is 2.94. The van der Waals surface area contributed by atoms with Crippen LogP contribution in [0.15, 0.2) is 12.3 Å². The Hall–Kier alpha value is -2.20. The van der Waals surface area contributed by atoms with Crippen molar-refractivity contribution in [1.82, 2.24) is 4.98 Å². The van der Waals surface area contributed by atoms with Crippen LogP contribution in [0.4, 0.5) is 11.5 Å². The molecule has 0 aliphatic heterocycles. The van der Waals surface area contributed by atoms with E-state index in [2.05, 4.69) is 10.3 Å². The normalized spacial score (nSPS) is 10.9. The molecule has 7 heteroatoms. The number of hydrogen-bond donors (Lipinski definition) is 2. The molecule has 0 amide bonds. The van der Waals surface area contributed by atoms with E-state index >= 15 is 0 Å². The zero-order valence-corrected chi connectivity index (χ0v) is 11.6. The van der Waals surface area contributed by atoms with Crippen LogP contribution in [-0.2, 0) is 0 Å². The van der Waals surface area contributed by atoms with Crippen LogP contribution in [0.5, 0.6) is 0 Å². The Labute approximate surface area is 117 Å². The SMILES string of the molecule is CC(C)(CCCO)CNc1ncc(C#N)cc1[N+](=O)[O-].